The first kappa shape index (κ1) is 12.9. The molecule has 2 aliphatic rings. The van der Waals surface area contributed by atoms with Gasteiger partial charge in [0, 0.05) is 11.6 Å². The first-order valence-corrected chi connectivity index (χ1v) is 8.01. The molecule has 0 radical (unpaired) electrons. The lowest BCUT2D eigenvalue weighted by Crippen LogP contribution is -2.29. The summed E-state index contributed by atoms with van der Waals surface area (Å²) in [6, 6.07) is 16.5. The first-order chi connectivity index (χ1) is 11.1. The van der Waals surface area contributed by atoms with Gasteiger partial charge in [0.1, 0.15) is 5.75 Å². The molecule has 0 amide bonds. The maximum Gasteiger partial charge on any atom is 0.115 e. The maximum atomic E-state index is 10.0. The van der Waals surface area contributed by atoms with E-state index in [2.05, 4.69) is 38.1 Å². The van der Waals surface area contributed by atoms with Crippen LogP contribution < -0.4 is 0 Å². The van der Waals surface area contributed by atoms with Crippen LogP contribution in [0.5, 0.6) is 5.75 Å². The molecule has 2 nitrogen and oxygen atoms in total. The van der Waals surface area contributed by atoms with Crippen molar-refractivity contribution in [1.82, 2.24) is 4.98 Å². The van der Waals surface area contributed by atoms with Crippen molar-refractivity contribution in [3.05, 3.63) is 82.7 Å². The predicted octanol–water partition coefficient (Wildman–Crippen LogP) is 4.59. The van der Waals surface area contributed by atoms with Gasteiger partial charge in [0.15, 0.2) is 0 Å². The number of pyridine rings is 1. The lowest BCUT2D eigenvalue weighted by molar-refractivity contribution is 0.474. The van der Waals surface area contributed by atoms with Crippen LogP contribution in [-0.2, 0) is 5.41 Å². The molecule has 2 heteroatoms. The van der Waals surface area contributed by atoms with Crippen LogP contribution in [0.4, 0.5) is 0 Å². The highest BCUT2D eigenvalue weighted by Gasteiger charge is 2.43. The van der Waals surface area contributed by atoms with E-state index in [4.69, 9.17) is 4.98 Å². The van der Waals surface area contributed by atoms with Gasteiger partial charge in [0.25, 0.3) is 0 Å². The Kier molecular flexibility index (Phi) is 2.25. The number of aromatic hydroxyl groups is 1. The molecule has 0 aliphatic heterocycles. The van der Waals surface area contributed by atoms with Crippen molar-refractivity contribution in [2.45, 2.75) is 25.2 Å². The van der Waals surface area contributed by atoms with E-state index >= 15 is 0 Å². The third-order valence-corrected chi connectivity index (χ3v) is 5.49. The van der Waals surface area contributed by atoms with E-state index in [1.54, 1.807) is 6.07 Å². The molecular formula is C21H17NO. The van der Waals surface area contributed by atoms with Crippen molar-refractivity contribution in [3.8, 4) is 16.9 Å². The molecule has 0 spiro atoms. The van der Waals surface area contributed by atoms with E-state index in [9.17, 15) is 5.11 Å². The van der Waals surface area contributed by atoms with Crippen LogP contribution in [0, 0.1) is 0 Å². The van der Waals surface area contributed by atoms with E-state index in [1.807, 2.05) is 24.4 Å². The average molecular weight is 299 g/mol. The fourth-order valence-electron chi connectivity index (χ4n) is 4.45. The van der Waals surface area contributed by atoms with Crippen molar-refractivity contribution in [3.63, 3.8) is 0 Å². The summed E-state index contributed by atoms with van der Waals surface area (Å²) in [5.74, 6) is 0.452. The van der Waals surface area contributed by atoms with Crippen molar-refractivity contribution in [2.75, 3.05) is 0 Å². The highest BCUT2D eigenvalue weighted by molar-refractivity contribution is 5.84. The molecule has 5 rings (SSSR count). The molecule has 1 atom stereocenters. The summed E-state index contributed by atoms with van der Waals surface area (Å²) in [6.45, 7) is 4.56. The highest BCUT2D eigenvalue weighted by atomic mass is 16.3. The SMILES string of the molecule is CC1(C)c2cccnc2C2c3cc(O)ccc3-c3cccc1c32. The van der Waals surface area contributed by atoms with Crippen molar-refractivity contribution in [1.29, 1.82) is 0 Å². The Balaban J connectivity index is 1.96. The summed E-state index contributed by atoms with van der Waals surface area (Å²) in [4.78, 5) is 4.75. The largest absolute Gasteiger partial charge is 0.508 e. The van der Waals surface area contributed by atoms with Crippen molar-refractivity contribution < 1.29 is 5.11 Å². The highest BCUT2D eigenvalue weighted by Crippen LogP contribution is 2.56. The van der Waals surface area contributed by atoms with Gasteiger partial charge in [-0.3, -0.25) is 4.98 Å². The number of nitrogens with zero attached hydrogens (tertiary/aromatic N) is 1. The zero-order chi connectivity index (χ0) is 15.8. The molecule has 2 aromatic carbocycles. The average Bonchev–Trinajstić information content (AvgIpc) is 2.87. The van der Waals surface area contributed by atoms with Crippen molar-refractivity contribution >= 4 is 0 Å². The van der Waals surface area contributed by atoms with Crippen LogP contribution in [-0.4, -0.2) is 10.1 Å². The van der Waals surface area contributed by atoms with Gasteiger partial charge in [-0.05, 0) is 51.6 Å². The summed E-state index contributed by atoms with van der Waals surface area (Å²) in [7, 11) is 0. The second-order valence-corrected chi connectivity index (χ2v) is 7.03. The van der Waals surface area contributed by atoms with E-state index in [-0.39, 0.29) is 11.3 Å². The molecular weight excluding hydrogens is 282 g/mol. The molecule has 23 heavy (non-hydrogen) atoms. The number of phenols is 1. The minimum Gasteiger partial charge on any atom is -0.508 e. The van der Waals surface area contributed by atoms with Crippen LogP contribution >= 0.6 is 0 Å². The number of fused-ring (bicyclic) bond motifs is 5. The Hall–Kier alpha value is -2.61. The summed E-state index contributed by atoms with van der Waals surface area (Å²) < 4.78 is 0. The van der Waals surface area contributed by atoms with Gasteiger partial charge in [-0.25, -0.2) is 0 Å². The number of hydrogen-bond acceptors (Lipinski definition) is 2. The van der Waals surface area contributed by atoms with Gasteiger partial charge in [0.05, 0.1) is 11.6 Å². The second kappa shape index (κ2) is 4.02. The number of rotatable bonds is 0. The topological polar surface area (TPSA) is 33.1 Å². The Morgan fingerprint density at radius 2 is 1.78 bits per heavy atom. The monoisotopic (exact) mass is 299 g/mol. The summed E-state index contributed by atoms with van der Waals surface area (Å²) in [6.07, 6.45) is 1.88. The normalized spacial score (nSPS) is 19.0. The summed E-state index contributed by atoms with van der Waals surface area (Å²) in [5, 5.41) is 10.0. The van der Waals surface area contributed by atoms with E-state index in [0.717, 1.165) is 5.69 Å². The van der Waals surface area contributed by atoms with Gasteiger partial charge in [-0.1, -0.05) is 44.2 Å². The van der Waals surface area contributed by atoms with Crippen LogP contribution in [0.2, 0.25) is 0 Å². The molecule has 1 unspecified atom stereocenters. The smallest absolute Gasteiger partial charge is 0.115 e. The van der Waals surface area contributed by atoms with Gasteiger partial charge < -0.3 is 5.11 Å². The lowest BCUT2D eigenvalue weighted by Gasteiger charge is -2.37. The molecule has 112 valence electrons. The minimum atomic E-state index is -0.0600. The van der Waals surface area contributed by atoms with Crippen LogP contribution in [0.1, 0.15) is 47.7 Å². The zero-order valence-corrected chi connectivity index (χ0v) is 13.2. The van der Waals surface area contributed by atoms with Gasteiger partial charge >= 0.3 is 0 Å². The summed E-state index contributed by atoms with van der Waals surface area (Å²) in [5.41, 5.74) is 8.76. The van der Waals surface area contributed by atoms with E-state index in [1.165, 1.54) is 33.4 Å². The Bertz CT molecular complexity index is 971. The quantitative estimate of drug-likeness (QED) is 0.515. The third kappa shape index (κ3) is 1.46. The van der Waals surface area contributed by atoms with Gasteiger partial charge in [0.2, 0.25) is 0 Å². The maximum absolute atomic E-state index is 10.0. The first-order valence-electron chi connectivity index (χ1n) is 8.01. The molecule has 1 N–H and O–H groups in total. The fraction of sp³-hybridized carbons (Fsp3) is 0.190. The fourth-order valence-corrected chi connectivity index (χ4v) is 4.45. The zero-order valence-electron chi connectivity index (χ0n) is 13.2. The Morgan fingerprint density at radius 3 is 2.65 bits per heavy atom. The second-order valence-electron chi connectivity index (χ2n) is 7.03. The van der Waals surface area contributed by atoms with E-state index < -0.39 is 0 Å². The molecule has 0 saturated carbocycles. The molecule has 0 fully saturated rings. The third-order valence-electron chi connectivity index (χ3n) is 5.49. The predicted molar refractivity (Wildman–Crippen MR) is 90.9 cm³/mol. The van der Waals surface area contributed by atoms with Gasteiger partial charge in [-0.15, -0.1) is 0 Å². The standard InChI is InChI=1S/C21H17NO/c1-21(2)16-6-3-5-14-13-9-8-12(23)11-15(13)19(18(14)16)20-17(21)7-4-10-22-20/h3-11,19,23H,1-2H3. The molecule has 0 bridgehead atoms. The Morgan fingerprint density at radius 1 is 0.957 bits per heavy atom. The van der Waals surface area contributed by atoms with Crippen LogP contribution in [0.15, 0.2) is 54.7 Å². The Labute approximate surface area is 135 Å². The van der Waals surface area contributed by atoms with E-state index in [0.29, 0.717) is 5.75 Å². The molecule has 2 aliphatic carbocycles. The van der Waals surface area contributed by atoms with Crippen molar-refractivity contribution in [2.24, 2.45) is 0 Å². The molecule has 1 aromatic heterocycles. The number of phenolic OH excluding ortho intramolecular Hbond substituents is 1. The van der Waals surface area contributed by atoms with Crippen LogP contribution in [0.3, 0.4) is 0 Å². The number of benzene rings is 2. The van der Waals surface area contributed by atoms with Crippen LogP contribution in [0.25, 0.3) is 11.1 Å². The number of hydrogen-bond donors (Lipinski definition) is 1. The minimum absolute atomic E-state index is 0.0600. The van der Waals surface area contributed by atoms with Gasteiger partial charge in [-0.2, -0.15) is 0 Å². The number of aromatic nitrogens is 1. The molecule has 3 aromatic rings. The summed E-state index contributed by atoms with van der Waals surface area (Å²) >= 11 is 0. The molecule has 1 heterocycles. The molecule has 0 saturated heterocycles. The lowest BCUT2D eigenvalue weighted by atomic mass is 9.67.